The third-order valence-electron chi connectivity index (χ3n) is 0. The number of carboxylic acid groups (broad SMARTS) is 2. The van der Waals surface area contributed by atoms with E-state index in [9.17, 15) is 0 Å². The van der Waals surface area contributed by atoms with Gasteiger partial charge < -0.3 is 10.2 Å². The maximum atomic E-state index is 8.87. The van der Waals surface area contributed by atoms with E-state index in [4.69, 9.17) is 29.3 Å². The van der Waals surface area contributed by atoms with E-state index < -0.39 is 22.9 Å². The Morgan fingerprint density at radius 1 is 1.11 bits per heavy atom. The molecular weight excluding hydrogens is 308 g/mol. The molecule has 0 saturated heterocycles. The number of hydrogen-bond donors (Lipinski definition) is 4. The number of hydrogen-bond acceptors (Lipinski definition) is 3. The second kappa shape index (κ2) is 4.37. The van der Waals surface area contributed by atoms with E-state index in [2.05, 4.69) is 0 Å². The van der Waals surface area contributed by atoms with Crippen LogP contribution in [0.15, 0.2) is 0 Å². The normalized spacial score (nSPS) is 9.11. The SMILES string of the molecule is O=C(O)O.[O]=[W](=[O])([OH])[OH]. The molecule has 0 unspecified atom stereocenters. The first-order chi connectivity index (χ1) is 3.73. The molecule has 0 saturated carbocycles. The zero-order valence-electron chi connectivity index (χ0n) is 3.92. The standard InChI is InChI=1S/CH2O3.2H2O.2O.W/c2-1(3)4;;;;;/h(H2,2,3,4);2*1H2;;;/q;;;;;+2/p-2. The molecule has 0 aliphatic rings. The predicted octanol–water partition coefficient (Wildman–Crippen LogP) is -1.13. The molecule has 0 aromatic rings. The van der Waals surface area contributed by atoms with Gasteiger partial charge in [0.25, 0.3) is 0 Å². The first-order valence-corrected chi connectivity index (χ1v) is 6.37. The van der Waals surface area contributed by atoms with Crippen LogP contribution in [-0.2, 0) is 23.5 Å². The fraction of sp³-hybridized carbons (Fsp3) is 0. The molecule has 8 heteroatoms. The summed E-state index contributed by atoms with van der Waals surface area (Å²) in [6.45, 7) is 0. The van der Waals surface area contributed by atoms with Crippen LogP contribution in [0.2, 0.25) is 0 Å². The molecule has 0 radical (unpaired) electrons. The fourth-order valence-corrected chi connectivity index (χ4v) is 0. The van der Waals surface area contributed by atoms with Crippen molar-refractivity contribution in [3.8, 4) is 0 Å². The second-order valence-corrected chi connectivity index (χ2v) is 3.95. The molecule has 0 spiro atoms. The molecule has 4 N–H and O–H groups in total. The first kappa shape index (κ1) is 11.3. The second-order valence-electron chi connectivity index (χ2n) is 0.730. The maximum absolute atomic E-state index is 8.87. The molecule has 0 bridgehead atoms. The molecular formula is CH4O7W. The van der Waals surface area contributed by atoms with Gasteiger partial charge in [-0.05, 0) is 0 Å². The van der Waals surface area contributed by atoms with Crippen molar-refractivity contribution in [2.24, 2.45) is 0 Å². The molecule has 0 aliphatic heterocycles. The average molecular weight is 312 g/mol. The van der Waals surface area contributed by atoms with Gasteiger partial charge in [-0.3, -0.25) is 0 Å². The molecule has 0 rings (SSSR count). The summed E-state index contributed by atoms with van der Waals surface area (Å²) in [5.41, 5.74) is 0. The van der Waals surface area contributed by atoms with E-state index in [1.807, 2.05) is 0 Å². The van der Waals surface area contributed by atoms with Crippen molar-refractivity contribution in [3.05, 3.63) is 0 Å². The van der Waals surface area contributed by atoms with Gasteiger partial charge in [-0.25, -0.2) is 4.79 Å². The molecule has 0 aliphatic carbocycles. The van der Waals surface area contributed by atoms with Crippen molar-refractivity contribution < 1.29 is 46.1 Å². The van der Waals surface area contributed by atoms with Crippen molar-refractivity contribution in [3.63, 3.8) is 0 Å². The Kier molecular flexibility index (Phi) is 5.48. The third-order valence-corrected chi connectivity index (χ3v) is 0. The minimum atomic E-state index is -5.67. The molecule has 0 aromatic heterocycles. The Labute approximate surface area is 52.9 Å². The Hall–Kier alpha value is -0.522. The Morgan fingerprint density at radius 3 is 1.11 bits per heavy atom. The summed E-state index contributed by atoms with van der Waals surface area (Å²) in [7, 11) is 0. The van der Waals surface area contributed by atoms with Crippen LogP contribution in [-0.4, -0.2) is 23.9 Å². The molecule has 7 nitrogen and oxygen atoms in total. The van der Waals surface area contributed by atoms with Crippen LogP contribution in [0.5, 0.6) is 0 Å². The summed E-state index contributed by atoms with van der Waals surface area (Å²) in [5.74, 6) is 0. The van der Waals surface area contributed by atoms with Crippen LogP contribution >= 0.6 is 0 Å². The van der Waals surface area contributed by atoms with E-state index in [0.717, 1.165) is 0 Å². The van der Waals surface area contributed by atoms with Gasteiger partial charge in [0.2, 0.25) is 0 Å². The van der Waals surface area contributed by atoms with Crippen LogP contribution in [0, 0.1) is 0 Å². The summed E-state index contributed by atoms with van der Waals surface area (Å²) in [5, 5.41) is 13.9. The topological polar surface area (TPSA) is 132 Å². The van der Waals surface area contributed by atoms with Crippen molar-refractivity contribution in [1.29, 1.82) is 0 Å². The van der Waals surface area contributed by atoms with Gasteiger partial charge in [-0.2, -0.15) is 0 Å². The van der Waals surface area contributed by atoms with E-state index in [1.165, 1.54) is 0 Å². The van der Waals surface area contributed by atoms with Crippen molar-refractivity contribution in [2.45, 2.75) is 0 Å². The zero-order chi connectivity index (χ0) is 8.08. The van der Waals surface area contributed by atoms with Crippen LogP contribution in [0.25, 0.3) is 0 Å². The van der Waals surface area contributed by atoms with Gasteiger partial charge >= 0.3 is 37.2 Å². The summed E-state index contributed by atoms with van der Waals surface area (Å²) in [4.78, 5) is 8.56. The first-order valence-electron chi connectivity index (χ1n) is 1.35. The van der Waals surface area contributed by atoms with E-state index >= 15 is 0 Å². The van der Waals surface area contributed by atoms with Gasteiger partial charge in [0.1, 0.15) is 0 Å². The molecule has 56 valence electrons. The van der Waals surface area contributed by atoms with Crippen LogP contribution in [0.1, 0.15) is 0 Å². The van der Waals surface area contributed by atoms with Gasteiger partial charge in [0, 0.05) is 0 Å². The molecule has 0 heterocycles. The summed E-state index contributed by atoms with van der Waals surface area (Å²) < 4.78 is 32.1. The number of rotatable bonds is 0. The minimum absolute atomic E-state index is 1.83. The Morgan fingerprint density at radius 2 is 1.11 bits per heavy atom. The fourth-order valence-electron chi connectivity index (χ4n) is 0. The molecule has 0 aromatic carbocycles. The Balaban J connectivity index is 0. The summed E-state index contributed by atoms with van der Waals surface area (Å²) in [6.07, 6.45) is -1.83. The zero-order valence-corrected chi connectivity index (χ0v) is 6.86. The van der Waals surface area contributed by atoms with Crippen LogP contribution in [0.3, 0.4) is 0 Å². The van der Waals surface area contributed by atoms with Gasteiger partial charge in [-0.1, -0.05) is 0 Å². The van der Waals surface area contributed by atoms with Crippen LogP contribution < -0.4 is 0 Å². The van der Waals surface area contributed by atoms with Gasteiger partial charge in [0.05, 0.1) is 0 Å². The molecule has 9 heavy (non-hydrogen) atoms. The summed E-state index contributed by atoms with van der Waals surface area (Å²) >= 11 is -5.67. The Bertz CT molecular complexity index is 151. The van der Waals surface area contributed by atoms with Crippen molar-refractivity contribution in [2.75, 3.05) is 0 Å². The molecule has 0 atom stereocenters. The van der Waals surface area contributed by atoms with Crippen LogP contribution in [0.4, 0.5) is 4.79 Å². The van der Waals surface area contributed by atoms with E-state index in [0.29, 0.717) is 0 Å². The van der Waals surface area contributed by atoms with Gasteiger partial charge in [0.15, 0.2) is 0 Å². The predicted molar refractivity (Wildman–Crippen MR) is 16.5 cm³/mol. The quantitative estimate of drug-likeness (QED) is 0.445. The molecule has 0 fully saturated rings. The summed E-state index contributed by atoms with van der Waals surface area (Å²) in [6, 6.07) is 0. The molecule has 0 amide bonds. The third kappa shape index (κ3) is 825. The van der Waals surface area contributed by atoms with Crippen molar-refractivity contribution >= 4 is 6.16 Å². The van der Waals surface area contributed by atoms with Gasteiger partial charge in [-0.15, -0.1) is 0 Å². The van der Waals surface area contributed by atoms with Crippen molar-refractivity contribution in [1.82, 2.24) is 0 Å². The average Bonchev–Trinajstić information content (AvgIpc) is 1.19. The monoisotopic (exact) mass is 312 g/mol. The van der Waals surface area contributed by atoms with E-state index in [1.54, 1.807) is 0 Å². The van der Waals surface area contributed by atoms with E-state index in [-0.39, 0.29) is 0 Å². The number of carbonyl (C=O) groups is 1.